The van der Waals surface area contributed by atoms with Gasteiger partial charge < -0.3 is 5.73 Å². The molecule has 2 N–H and O–H groups in total. The first-order valence-corrected chi connectivity index (χ1v) is 7.47. The van der Waals surface area contributed by atoms with E-state index in [2.05, 4.69) is 63.2 Å². The number of halogens is 1. The number of likely N-dealkylation sites (N-methyl/N-ethyl adjacent to an activating group) is 1. The number of hydrogen-bond acceptors (Lipinski definition) is 3. The van der Waals surface area contributed by atoms with Crippen molar-refractivity contribution in [3.63, 3.8) is 0 Å². The summed E-state index contributed by atoms with van der Waals surface area (Å²) in [5, 5.41) is 0. The highest BCUT2D eigenvalue weighted by molar-refractivity contribution is 9.10. The molecule has 0 radical (unpaired) electrons. The molecule has 0 saturated carbocycles. The second-order valence-corrected chi connectivity index (χ2v) is 6.05. The lowest BCUT2D eigenvalue weighted by Gasteiger charge is -2.31. The van der Waals surface area contributed by atoms with Gasteiger partial charge >= 0.3 is 0 Å². The van der Waals surface area contributed by atoms with Crippen molar-refractivity contribution in [2.24, 2.45) is 5.73 Å². The molecule has 0 aliphatic heterocycles. The molecule has 106 valence electrons. The van der Waals surface area contributed by atoms with Crippen molar-refractivity contribution < 1.29 is 0 Å². The van der Waals surface area contributed by atoms with E-state index in [4.69, 9.17) is 5.73 Å². The van der Waals surface area contributed by atoms with Crippen LogP contribution in [0.5, 0.6) is 0 Å². The van der Waals surface area contributed by atoms with E-state index < -0.39 is 0 Å². The molecular weight excluding hydrogens is 314 g/mol. The zero-order valence-electron chi connectivity index (χ0n) is 11.8. The van der Waals surface area contributed by atoms with Crippen LogP contribution in [0.2, 0.25) is 0 Å². The van der Waals surface area contributed by atoms with Gasteiger partial charge in [-0.2, -0.15) is 0 Å². The largest absolute Gasteiger partial charge is 0.326 e. The van der Waals surface area contributed by atoms with Crippen molar-refractivity contribution in [1.29, 1.82) is 0 Å². The molecule has 1 aromatic carbocycles. The monoisotopic (exact) mass is 333 g/mol. The predicted octanol–water partition coefficient (Wildman–Crippen LogP) is 3.36. The molecule has 0 saturated heterocycles. The Morgan fingerprint density at radius 3 is 2.50 bits per heavy atom. The first-order chi connectivity index (χ1) is 9.58. The van der Waals surface area contributed by atoms with Gasteiger partial charge in [0.25, 0.3) is 0 Å². The van der Waals surface area contributed by atoms with Crippen molar-refractivity contribution in [1.82, 2.24) is 9.88 Å². The zero-order chi connectivity index (χ0) is 14.5. The third-order valence-electron chi connectivity index (χ3n) is 3.34. The van der Waals surface area contributed by atoms with E-state index in [0.29, 0.717) is 0 Å². The van der Waals surface area contributed by atoms with E-state index >= 15 is 0 Å². The highest BCUT2D eigenvalue weighted by Gasteiger charge is 2.21. The highest BCUT2D eigenvalue weighted by atomic mass is 79.9. The molecule has 2 rings (SSSR count). The molecule has 2 atom stereocenters. The average molecular weight is 334 g/mol. The van der Waals surface area contributed by atoms with E-state index in [0.717, 1.165) is 11.0 Å². The third kappa shape index (κ3) is 3.88. The average Bonchev–Trinajstić information content (AvgIpc) is 2.42. The quantitative estimate of drug-likeness (QED) is 0.912. The number of benzene rings is 1. The van der Waals surface area contributed by atoms with Gasteiger partial charge in [0, 0.05) is 35.5 Å². The van der Waals surface area contributed by atoms with Crippen LogP contribution >= 0.6 is 15.9 Å². The van der Waals surface area contributed by atoms with Gasteiger partial charge in [-0.25, -0.2) is 0 Å². The van der Waals surface area contributed by atoms with E-state index in [9.17, 15) is 0 Å². The molecule has 4 heteroatoms. The van der Waals surface area contributed by atoms with Crippen LogP contribution in [0.15, 0.2) is 53.3 Å². The van der Waals surface area contributed by atoms with Crippen molar-refractivity contribution >= 4 is 15.9 Å². The fourth-order valence-electron chi connectivity index (χ4n) is 2.50. The second kappa shape index (κ2) is 6.97. The number of aromatic nitrogens is 1. The second-order valence-electron chi connectivity index (χ2n) is 5.13. The fraction of sp³-hybridized carbons (Fsp3) is 0.312. The van der Waals surface area contributed by atoms with Crippen LogP contribution in [0, 0.1) is 0 Å². The van der Waals surface area contributed by atoms with E-state index in [1.54, 1.807) is 6.20 Å². The minimum Gasteiger partial charge on any atom is -0.326 e. The summed E-state index contributed by atoms with van der Waals surface area (Å²) >= 11 is 3.47. The Labute approximate surface area is 129 Å². The fourth-order valence-corrected chi connectivity index (χ4v) is 2.76. The summed E-state index contributed by atoms with van der Waals surface area (Å²) < 4.78 is 1.08. The minimum atomic E-state index is 0.0536. The molecule has 1 heterocycles. The van der Waals surface area contributed by atoms with Crippen molar-refractivity contribution in [3.05, 3.63) is 64.4 Å². The summed E-state index contributed by atoms with van der Waals surface area (Å²) in [6.45, 7) is 2.88. The Kier molecular flexibility index (Phi) is 5.29. The van der Waals surface area contributed by atoms with E-state index in [-0.39, 0.29) is 12.1 Å². The Hall–Kier alpha value is -1.23. The molecule has 0 aliphatic carbocycles. The Morgan fingerprint density at radius 2 is 1.95 bits per heavy atom. The minimum absolute atomic E-state index is 0.0536. The summed E-state index contributed by atoms with van der Waals surface area (Å²) in [6, 6.07) is 12.6. The first kappa shape index (κ1) is 15.2. The zero-order valence-corrected chi connectivity index (χ0v) is 13.4. The standard InChI is InChI=1S/C16H20BrN3/c1-12(18)16(14-5-7-15(17)8-6-14)20(2)11-13-4-3-9-19-10-13/h3-10,12,16H,11,18H2,1-2H3. The number of rotatable bonds is 5. The lowest BCUT2D eigenvalue weighted by molar-refractivity contribution is 0.211. The molecule has 0 aliphatic rings. The molecule has 0 spiro atoms. The maximum atomic E-state index is 6.19. The van der Waals surface area contributed by atoms with Crippen LogP contribution in [0.25, 0.3) is 0 Å². The molecule has 0 fully saturated rings. The number of pyridine rings is 1. The molecule has 0 amide bonds. The lowest BCUT2D eigenvalue weighted by atomic mass is 9.99. The predicted molar refractivity (Wildman–Crippen MR) is 86.2 cm³/mol. The van der Waals surface area contributed by atoms with Crippen molar-refractivity contribution in [3.8, 4) is 0 Å². The Bertz CT molecular complexity index is 525. The maximum absolute atomic E-state index is 6.19. The molecule has 20 heavy (non-hydrogen) atoms. The van der Waals surface area contributed by atoms with Gasteiger partial charge in [0.2, 0.25) is 0 Å². The first-order valence-electron chi connectivity index (χ1n) is 6.68. The van der Waals surface area contributed by atoms with Crippen LogP contribution in [0.3, 0.4) is 0 Å². The van der Waals surface area contributed by atoms with Gasteiger partial charge in [-0.15, -0.1) is 0 Å². The number of nitrogens with two attached hydrogens (primary N) is 1. The van der Waals surface area contributed by atoms with Crippen LogP contribution in [-0.2, 0) is 6.54 Å². The molecular formula is C16H20BrN3. The van der Waals surface area contributed by atoms with Gasteiger partial charge in [0.15, 0.2) is 0 Å². The molecule has 3 nitrogen and oxygen atoms in total. The van der Waals surface area contributed by atoms with Gasteiger partial charge in [0.1, 0.15) is 0 Å². The summed E-state index contributed by atoms with van der Waals surface area (Å²) in [4.78, 5) is 6.43. The molecule has 0 bridgehead atoms. The maximum Gasteiger partial charge on any atom is 0.0496 e. The number of nitrogens with zero attached hydrogens (tertiary/aromatic N) is 2. The highest BCUT2D eigenvalue weighted by Crippen LogP contribution is 2.25. The van der Waals surface area contributed by atoms with Crippen LogP contribution in [-0.4, -0.2) is 23.0 Å². The summed E-state index contributed by atoms with van der Waals surface area (Å²) in [6.07, 6.45) is 3.69. The van der Waals surface area contributed by atoms with Crippen LogP contribution in [0.4, 0.5) is 0 Å². The van der Waals surface area contributed by atoms with Crippen LogP contribution < -0.4 is 5.73 Å². The van der Waals surface area contributed by atoms with Gasteiger partial charge in [-0.1, -0.05) is 34.1 Å². The van der Waals surface area contributed by atoms with Gasteiger partial charge in [-0.3, -0.25) is 9.88 Å². The molecule has 2 unspecified atom stereocenters. The van der Waals surface area contributed by atoms with Crippen molar-refractivity contribution in [2.45, 2.75) is 25.6 Å². The SMILES string of the molecule is CC(N)C(c1ccc(Br)cc1)N(C)Cc1cccnc1. The molecule has 2 aromatic rings. The van der Waals surface area contributed by atoms with Crippen LogP contribution in [0.1, 0.15) is 24.1 Å². The Balaban J connectivity index is 2.18. The third-order valence-corrected chi connectivity index (χ3v) is 3.87. The Morgan fingerprint density at radius 1 is 1.25 bits per heavy atom. The molecule has 1 aromatic heterocycles. The summed E-state index contributed by atoms with van der Waals surface area (Å²) in [7, 11) is 2.10. The number of hydrogen-bond donors (Lipinski definition) is 1. The lowest BCUT2D eigenvalue weighted by Crippen LogP contribution is -2.36. The van der Waals surface area contributed by atoms with Gasteiger partial charge in [0.05, 0.1) is 0 Å². The van der Waals surface area contributed by atoms with E-state index in [1.165, 1.54) is 11.1 Å². The topological polar surface area (TPSA) is 42.1 Å². The normalized spacial score (nSPS) is 14.2. The summed E-state index contributed by atoms with van der Waals surface area (Å²) in [5.41, 5.74) is 8.62. The van der Waals surface area contributed by atoms with E-state index in [1.807, 2.05) is 19.2 Å². The smallest absolute Gasteiger partial charge is 0.0496 e. The van der Waals surface area contributed by atoms with Gasteiger partial charge in [-0.05, 0) is 43.3 Å². The van der Waals surface area contributed by atoms with Crippen molar-refractivity contribution in [2.75, 3.05) is 7.05 Å². The summed E-state index contributed by atoms with van der Waals surface area (Å²) in [5.74, 6) is 0.